The van der Waals surface area contributed by atoms with Gasteiger partial charge in [0.05, 0.1) is 6.42 Å². The number of nitrogens with zero attached hydrogens (tertiary/aromatic N) is 1. The van der Waals surface area contributed by atoms with E-state index in [-0.39, 0.29) is 11.8 Å². The molecule has 1 N–H and O–H groups in total. The third kappa shape index (κ3) is 4.77. The lowest BCUT2D eigenvalue weighted by atomic mass is 10.1. The van der Waals surface area contributed by atoms with Crippen LogP contribution in [0.4, 0.5) is 0 Å². The molecule has 0 aromatic rings. The molecular formula is C13H20BrNO5. The molecule has 20 heavy (non-hydrogen) atoms. The minimum absolute atomic E-state index is 0.0984. The smallest absolute Gasteiger partial charge is 0.329 e. The molecule has 1 amide bonds. The minimum Gasteiger partial charge on any atom is -0.481 e. The molecule has 1 rings (SSSR count). The van der Waals surface area contributed by atoms with Crippen LogP contribution < -0.4 is 0 Å². The summed E-state index contributed by atoms with van der Waals surface area (Å²) in [6, 6.07) is -1.05. The van der Waals surface area contributed by atoms with E-state index in [1.807, 2.05) is 0 Å². The van der Waals surface area contributed by atoms with Gasteiger partial charge in [0.15, 0.2) is 0 Å². The average Bonchev–Trinajstić information content (AvgIpc) is 2.64. The molecule has 7 heteroatoms. The van der Waals surface area contributed by atoms with Crippen LogP contribution in [0, 0.1) is 5.92 Å². The lowest BCUT2D eigenvalue weighted by Crippen LogP contribution is -2.46. The van der Waals surface area contributed by atoms with Crippen molar-refractivity contribution in [2.24, 2.45) is 5.92 Å². The van der Waals surface area contributed by atoms with Crippen molar-refractivity contribution in [2.75, 3.05) is 11.9 Å². The Balaban J connectivity index is 2.87. The van der Waals surface area contributed by atoms with Gasteiger partial charge in [0.2, 0.25) is 5.91 Å². The van der Waals surface area contributed by atoms with Gasteiger partial charge in [0.1, 0.15) is 11.6 Å². The fourth-order valence-corrected chi connectivity index (χ4v) is 2.50. The lowest BCUT2D eigenvalue weighted by Gasteiger charge is -2.29. The van der Waals surface area contributed by atoms with E-state index < -0.39 is 30.0 Å². The summed E-state index contributed by atoms with van der Waals surface area (Å²) in [5, 5.41) is 9.59. The van der Waals surface area contributed by atoms with Crippen LogP contribution in [0.25, 0.3) is 0 Å². The third-order valence-electron chi connectivity index (χ3n) is 2.88. The average molecular weight is 350 g/mol. The molecule has 2 atom stereocenters. The fourth-order valence-electron chi connectivity index (χ4n) is 2.07. The zero-order valence-electron chi connectivity index (χ0n) is 11.9. The highest BCUT2D eigenvalue weighted by atomic mass is 79.9. The van der Waals surface area contributed by atoms with E-state index in [0.29, 0.717) is 18.3 Å². The third-order valence-corrected chi connectivity index (χ3v) is 3.80. The van der Waals surface area contributed by atoms with E-state index in [1.165, 1.54) is 4.90 Å². The van der Waals surface area contributed by atoms with Crippen LogP contribution in [-0.2, 0) is 19.1 Å². The highest BCUT2D eigenvalue weighted by molar-refractivity contribution is 9.09. The number of hydrogen-bond donors (Lipinski definition) is 1. The van der Waals surface area contributed by atoms with E-state index in [2.05, 4.69) is 15.9 Å². The van der Waals surface area contributed by atoms with Crippen molar-refractivity contribution in [1.29, 1.82) is 0 Å². The number of likely N-dealkylation sites (tertiary alicyclic amines) is 1. The summed E-state index contributed by atoms with van der Waals surface area (Å²) in [4.78, 5) is 36.3. The number of rotatable bonds is 5. The van der Waals surface area contributed by atoms with E-state index in [0.717, 1.165) is 0 Å². The predicted molar refractivity (Wildman–Crippen MR) is 75.5 cm³/mol. The Bertz CT molecular complexity index is 404. The van der Waals surface area contributed by atoms with Gasteiger partial charge < -0.3 is 14.7 Å². The summed E-state index contributed by atoms with van der Waals surface area (Å²) in [5.41, 5.74) is -0.717. The monoisotopic (exact) mass is 349 g/mol. The Labute approximate surface area is 126 Å². The molecule has 114 valence electrons. The van der Waals surface area contributed by atoms with Crippen LogP contribution in [0.2, 0.25) is 0 Å². The fraction of sp³-hybridized carbons (Fsp3) is 0.769. The zero-order chi connectivity index (χ0) is 15.5. The first kappa shape index (κ1) is 16.9. The molecule has 1 fully saturated rings. The first-order chi connectivity index (χ1) is 9.14. The second kappa shape index (κ2) is 6.56. The molecule has 0 aromatic carbocycles. The molecule has 1 heterocycles. The number of carboxylic acid groups (broad SMARTS) is 1. The van der Waals surface area contributed by atoms with Gasteiger partial charge in [-0.3, -0.25) is 9.59 Å². The van der Waals surface area contributed by atoms with Crippen molar-refractivity contribution >= 4 is 33.8 Å². The number of ether oxygens (including phenoxy) is 1. The topological polar surface area (TPSA) is 83.9 Å². The number of carbonyl (C=O) groups is 3. The Morgan fingerprint density at radius 3 is 2.50 bits per heavy atom. The van der Waals surface area contributed by atoms with Crippen LogP contribution in [0.5, 0.6) is 0 Å². The molecule has 6 nitrogen and oxygen atoms in total. The number of alkyl halides is 1. The maximum Gasteiger partial charge on any atom is 0.329 e. The van der Waals surface area contributed by atoms with Gasteiger partial charge in [-0.2, -0.15) is 0 Å². The summed E-state index contributed by atoms with van der Waals surface area (Å²) in [6.45, 7) is 5.49. The highest BCUT2D eigenvalue weighted by Gasteiger charge is 2.40. The molecule has 0 radical (unpaired) electrons. The van der Waals surface area contributed by atoms with Gasteiger partial charge in [-0.25, -0.2) is 4.79 Å². The zero-order valence-corrected chi connectivity index (χ0v) is 13.5. The Morgan fingerprint density at radius 1 is 1.50 bits per heavy atom. The molecule has 0 aliphatic carbocycles. The minimum atomic E-state index is -1.13. The van der Waals surface area contributed by atoms with Crippen molar-refractivity contribution in [2.45, 2.75) is 45.3 Å². The van der Waals surface area contributed by atoms with Gasteiger partial charge in [0.25, 0.3) is 0 Å². The summed E-state index contributed by atoms with van der Waals surface area (Å²) in [6.07, 6.45) is -0.111. The largest absolute Gasteiger partial charge is 0.481 e. The summed E-state index contributed by atoms with van der Waals surface area (Å²) >= 11 is 3.31. The SMILES string of the molecule is CC(C)(C)OC(=O)[C@H](CC(=O)O)N1CC(CBr)CC1=O. The second-order valence-electron chi connectivity index (χ2n) is 5.92. The Kier molecular flexibility index (Phi) is 5.56. The van der Waals surface area contributed by atoms with E-state index in [1.54, 1.807) is 20.8 Å². The number of carboxylic acids is 1. The summed E-state index contributed by atoms with van der Waals surface area (Å²) < 4.78 is 5.22. The van der Waals surface area contributed by atoms with Crippen LogP contribution in [0.3, 0.4) is 0 Å². The number of esters is 1. The molecular weight excluding hydrogens is 330 g/mol. The van der Waals surface area contributed by atoms with Crippen LogP contribution >= 0.6 is 15.9 Å². The quantitative estimate of drug-likeness (QED) is 0.599. The van der Waals surface area contributed by atoms with Crippen LogP contribution in [-0.4, -0.2) is 51.4 Å². The number of amides is 1. The number of hydrogen-bond acceptors (Lipinski definition) is 4. The van der Waals surface area contributed by atoms with E-state index >= 15 is 0 Å². The number of carbonyl (C=O) groups excluding carboxylic acids is 2. The molecule has 1 aliphatic heterocycles. The van der Waals surface area contributed by atoms with Crippen molar-refractivity contribution in [3.63, 3.8) is 0 Å². The van der Waals surface area contributed by atoms with E-state index in [9.17, 15) is 14.4 Å². The second-order valence-corrected chi connectivity index (χ2v) is 6.57. The normalized spacial score (nSPS) is 20.9. The Morgan fingerprint density at radius 2 is 2.10 bits per heavy atom. The predicted octanol–water partition coefficient (Wildman–Crippen LogP) is 1.41. The van der Waals surface area contributed by atoms with E-state index in [4.69, 9.17) is 9.84 Å². The maximum absolute atomic E-state index is 12.1. The summed E-state index contributed by atoms with van der Waals surface area (Å²) in [5.74, 6) is -1.90. The molecule has 1 aliphatic rings. The molecule has 0 spiro atoms. The van der Waals surface area contributed by atoms with Crippen LogP contribution in [0.1, 0.15) is 33.6 Å². The number of halogens is 1. The number of aliphatic carboxylic acids is 1. The molecule has 0 saturated carbocycles. The summed E-state index contributed by atoms with van der Waals surface area (Å²) in [7, 11) is 0. The molecule has 1 unspecified atom stereocenters. The Hall–Kier alpha value is -1.11. The van der Waals surface area contributed by atoms with Crippen molar-refractivity contribution in [3.05, 3.63) is 0 Å². The first-order valence-corrected chi connectivity index (χ1v) is 7.56. The van der Waals surface area contributed by atoms with Crippen molar-refractivity contribution in [3.8, 4) is 0 Å². The first-order valence-electron chi connectivity index (χ1n) is 6.44. The van der Waals surface area contributed by atoms with Crippen molar-refractivity contribution in [1.82, 2.24) is 4.90 Å². The molecule has 1 saturated heterocycles. The lowest BCUT2D eigenvalue weighted by molar-refractivity contribution is -0.166. The maximum atomic E-state index is 12.1. The van der Waals surface area contributed by atoms with Gasteiger partial charge in [-0.1, -0.05) is 15.9 Å². The molecule has 0 aromatic heterocycles. The van der Waals surface area contributed by atoms with Crippen molar-refractivity contribution < 1.29 is 24.2 Å². The van der Waals surface area contributed by atoms with Gasteiger partial charge >= 0.3 is 11.9 Å². The standard InChI is InChI=1S/C13H20BrNO5/c1-13(2,3)20-12(19)9(5-11(17)18)15-7-8(6-14)4-10(15)16/h8-9H,4-7H2,1-3H3,(H,17,18)/t8?,9-/m0/s1. The molecule has 0 bridgehead atoms. The van der Waals surface area contributed by atoms with Gasteiger partial charge in [-0.05, 0) is 26.7 Å². The highest BCUT2D eigenvalue weighted by Crippen LogP contribution is 2.24. The van der Waals surface area contributed by atoms with Gasteiger partial charge in [0, 0.05) is 18.3 Å². The van der Waals surface area contributed by atoms with Gasteiger partial charge in [-0.15, -0.1) is 0 Å². The van der Waals surface area contributed by atoms with Crippen LogP contribution in [0.15, 0.2) is 0 Å².